The Balaban J connectivity index is 1.64. The Kier molecular flexibility index (Phi) is 8.41. The molecule has 0 radical (unpaired) electrons. The summed E-state index contributed by atoms with van der Waals surface area (Å²) in [4.78, 5) is 10.5. The number of carboxylic acids is 1. The van der Waals surface area contributed by atoms with Crippen LogP contribution in [-0.2, 0) is 4.79 Å². The zero-order chi connectivity index (χ0) is 18.7. The molecule has 0 aromatic carbocycles. The molecule has 0 saturated heterocycles. The molecule has 2 heteroatoms. The van der Waals surface area contributed by atoms with Gasteiger partial charge >= 0.3 is 5.97 Å². The van der Waals surface area contributed by atoms with Crippen molar-refractivity contribution in [1.82, 2.24) is 0 Å². The molecule has 0 unspecified atom stereocenters. The van der Waals surface area contributed by atoms with Crippen molar-refractivity contribution < 1.29 is 9.90 Å². The lowest BCUT2D eigenvalue weighted by Gasteiger charge is -2.03. The molecule has 0 aromatic rings. The topological polar surface area (TPSA) is 37.3 Å². The highest BCUT2D eigenvalue weighted by atomic mass is 16.4. The van der Waals surface area contributed by atoms with Crippen LogP contribution in [0.1, 0.15) is 84.0 Å². The van der Waals surface area contributed by atoms with E-state index in [1.807, 2.05) is 0 Å². The molecule has 2 aliphatic rings. The van der Waals surface area contributed by atoms with Gasteiger partial charge in [-0.15, -0.1) is 0 Å². The van der Waals surface area contributed by atoms with E-state index in [-0.39, 0.29) is 11.8 Å². The van der Waals surface area contributed by atoms with Crippen LogP contribution in [0.5, 0.6) is 0 Å². The molecule has 0 aromatic heterocycles. The summed E-state index contributed by atoms with van der Waals surface area (Å²) in [6, 6.07) is 0. The van der Waals surface area contributed by atoms with Crippen molar-refractivity contribution in [1.29, 1.82) is 0 Å². The average molecular weight is 357 g/mol. The van der Waals surface area contributed by atoms with Gasteiger partial charge in [-0.05, 0) is 57.8 Å². The van der Waals surface area contributed by atoms with Gasteiger partial charge in [-0.2, -0.15) is 0 Å². The van der Waals surface area contributed by atoms with E-state index in [2.05, 4.69) is 55.5 Å². The van der Waals surface area contributed by atoms with Crippen LogP contribution < -0.4 is 0 Å². The minimum absolute atomic E-state index is 0.271. The minimum atomic E-state index is -0.699. The fourth-order valence-corrected chi connectivity index (χ4v) is 3.27. The monoisotopic (exact) mass is 356 g/mol. The quantitative estimate of drug-likeness (QED) is 0.269. The van der Waals surface area contributed by atoms with Crippen molar-refractivity contribution in [2.75, 3.05) is 0 Å². The second kappa shape index (κ2) is 10.5. The fraction of sp³-hybridized carbons (Fsp3) is 0.625. The lowest BCUT2D eigenvalue weighted by molar-refractivity contribution is -0.137. The van der Waals surface area contributed by atoms with Crippen molar-refractivity contribution in [3.63, 3.8) is 0 Å². The first-order chi connectivity index (χ1) is 12.6. The zero-order valence-electron chi connectivity index (χ0n) is 16.5. The van der Waals surface area contributed by atoms with E-state index < -0.39 is 5.97 Å². The third-order valence-electron chi connectivity index (χ3n) is 5.46. The molecule has 26 heavy (non-hydrogen) atoms. The summed E-state index contributed by atoms with van der Waals surface area (Å²) in [5, 5.41) is 8.65. The van der Waals surface area contributed by atoms with Crippen LogP contribution >= 0.6 is 0 Å². The summed E-state index contributed by atoms with van der Waals surface area (Å²) < 4.78 is 0. The Morgan fingerprint density at radius 3 is 1.77 bits per heavy atom. The second-order valence-corrected chi connectivity index (χ2v) is 8.09. The first kappa shape index (κ1) is 20.7. The zero-order valence-corrected chi connectivity index (χ0v) is 16.5. The molecular weight excluding hydrogens is 320 g/mol. The van der Waals surface area contributed by atoms with E-state index in [0.29, 0.717) is 5.41 Å². The first-order valence-electron chi connectivity index (χ1n) is 10.5. The summed E-state index contributed by atoms with van der Waals surface area (Å²) >= 11 is 0. The van der Waals surface area contributed by atoms with Crippen molar-refractivity contribution in [2.45, 2.75) is 84.0 Å². The van der Waals surface area contributed by atoms with Crippen LogP contribution in [-0.4, -0.2) is 11.1 Å². The maximum absolute atomic E-state index is 10.5. The highest BCUT2D eigenvalue weighted by Gasteiger charge is 2.37. The largest absolute Gasteiger partial charge is 0.481 e. The van der Waals surface area contributed by atoms with Gasteiger partial charge in [0.2, 0.25) is 0 Å². The standard InChI is InChI=1S/C24H36O2/c1-2-3-4-5-9-14-23(18-19-23)16-11-7-12-17-24(20-21-24)15-10-6-8-13-22(25)26/h9-12,14-17H,2-8,13,18-21H2,1H3,(H,25,26)/b14-9-,15-10-,16-11-,17-12-. The first-order valence-corrected chi connectivity index (χ1v) is 10.5. The molecule has 0 spiro atoms. The maximum Gasteiger partial charge on any atom is 0.303 e. The highest BCUT2D eigenvalue weighted by molar-refractivity contribution is 5.66. The Morgan fingerprint density at radius 1 is 0.808 bits per heavy atom. The van der Waals surface area contributed by atoms with Gasteiger partial charge < -0.3 is 5.11 Å². The third kappa shape index (κ3) is 8.21. The van der Waals surface area contributed by atoms with E-state index >= 15 is 0 Å². The molecule has 0 atom stereocenters. The third-order valence-corrected chi connectivity index (χ3v) is 5.46. The average Bonchev–Trinajstić information content (AvgIpc) is 3.52. The van der Waals surface area contributed by atoms with Gasteiger partial charge in [0.05, 0.1) is 0 Å². The molecule has 144 valence electrons. The predicted molar refractivity (Wildman–Crippen MR) is 110 cm³/mol. The minimum Gasteiger partial charge on any atom is -0.481 e. The SMILES string of the molecule is CCCCC/C=C\C1(/C=C\C/C=C\C2(/C=C\CCCC(=O)O)CC2)CC1. The Hall–Kier alpha value is -1.57. The summed E-state index contributed by atoms with van der Waals surface area (Å²) in [7, 11) is 0. The van der Waals surface area contributed by atoms with E-state index in [1.54, 1.807) is 0 Å². The van der Waals surface area contributed by atoms with Gasteiger partial charge in [-0.25, -0.2) is 0 Å². The van der Waals surface area contributed by atoms with Crippen molar-refractivity contribution in [3.8, 4) is 0 Å². The van der Waals surface area contributed by atoms with Crippen LogP contribution in [0, 0.1) is 10.8 Å². The van der Waals surface area contributed by atoms with E-state index in [4.69, 9.17) is 5.11 Å². The number of unbranched alkanes of at least 4 members (excludes halogenated alkanes) is 4. The molecule has 2 nitrogen and oxygen atoms in total. The van der Waals surface area contributed by atoms with E-state index in [1.165, 1.54) is 51.4 Å². The second-order valence-electron chi connectivity index (χ2n) is 8.09. The Labute approximate surface area is 159 Å². The summed E-state index contributed by atoms with van der Waals surface area (Å²) in [5.41, 5.74) is 0.648. The van der Waals surface area contributed by atoms with Crippen molar-refractivity contribution in [2.24, 2.45) is 10.8 Å². The number of carboxylic acid groups (broad SMARTS) is 1. The molecule has 0 bridgehead atoms. The fourth-order valence-electron chi connectivity index (χ4n) is 3.27. The molecule has 2 aliphatic carbocycles. The molecule has 2 fully saturated rings. The van der Waals surface area contributed by atoms with Crippen LogP contribution in [0.3, 0.4) is 0 Å². The van der Waals surface area contributed by atoms with E-state index in [0.717, 1.165) is 19.3 Å². The van der Waals surface area contributed by atoms with Crippen LogP contribution in [0.15, 0.2) is 48.6 Å². The van der Waals surface area contributed by atoms with Gasteiger partial charge in [0.25, 0.3) is 0 Å². The van der Waals surface area contributed by atoms with Gasteiger partial charge in [0, 0.05) is 17.3 Å². The van der Waals surface area contributed by atoms with Gasteiger partial charge in [0.1, 0.15) is 0 Å². The normalized spacial score (nSPS) is 20.7. The number of rotatable bonds is 14. The van der Waals surface area contributed by atoms with Crippen LogP contribution in [0.4, 0.5) is 0 Å². The smallest absolute Gasteiger partial charge is 0.303 e. The Morgan fingerprint density at radius 2 is 1.31 bits per heavy atom. The number of allylic oxidation sites excluding steroid dienone is 8. The highest BCUT2D eigenvalue weighted by Crippen LogP contribution is 2.49. The molecular formula is C24H36O2. The number of carbonyl (C=O) groups is 1. The molecule has 0 heterocycles. The van der Waals surface area contributed by atoms with Crippen LogP contribution in [0.2, 0.25) is 0 Å². The summed E-state index contributed by atoms with van der Waals surface area (Å²) in [6.07, 6.45) is 31.8. The van der Waals surface area contributed by atoms with E-state index in [9.17, 15) is 4.79 Å². The molecule has 1 N–H and O–H groups in total. The van der Waals surface area contributed by atoms with Gasteiger partial charge in [-0.1, -0.05) is 68.4 Å². The summed E-state index contributed by atoms with van der Waals surface area (Å²) in [5.74, 6) is -0.699. The molecule has 0 aliphatic heterocycles. The molecule has 0 amide bonds. The number of hydrogen-bond donors (Lipinski definition) is 1. The van der Waals surface area contributed by atoms with Crippen molar-refractivity contribution >= 4 is 5.97 Å². The Bertz CT molecular complexity index is 543. The number of hydrogen-bond acceptors (Lipinski definition) is 1. The van der Waals surface area contributed by atoms with Gasteiger partial charge in [0.15, 0.2) is 0 Å². The maximum atomic E-state index is 10.5. The summed E-state index contributed by atoms with van der Waals surface area (Å²) in [6.45, 7) is 2.25. The predicted octanol–water partition coefficient (Wildman–Crippen LogP) is 7.00. The molecule has 2 rings (SSSR count). The number of aliphatic carboxylic acids is 1. The van der Waals surface area contributed by atoms with Crippen molar-refractivity contribution in [3.05, 3.63) is 48.6 Å². The molecule has 2 saturated carbocycles. The van der Waals surface area contributed by atoms with Gasteiger partial charge in [-0.3, -0.25) is 4.79 Å². The lowest BCUT2D eigenvalue weighted by Crippen LogP contribution is -1.93. The lowest BCUT2D eigenvalue weighted by atomic mass is 10.0. The van der Waals surface area contributed by atoms with Crippen LogP contribution in [0.25, 0.3) is 0 Å².